The Morgan fingerprint density at radius 3 is 2.57 bits per heavy atom. The number of hydrogen-bond acceptors (Lipinski definition) is 6. The van der Waals surface area contributed by atoms with Crippen LogP contribution in [0.5, 0.6) is 11.5 Å². The molecule has 0 aliphatic heterocycles. The van der Waals surface area contributed by atoms with Gasteiger partial charge in [-0.25, -0.2) is 4.68 Å². The van der Waals surface area contributed by atoms with Gasteiger partial charge in [-0.1, -0.05) is 50.3 Å². The summed E-state index contributed by atoms with van der Waals surface area (Å²) in [6.07, 6.45) is 0. The average Bonchev–Trinajstić information content (AvgIpc) is 3.14. The number of benzene rings is 2. The number of tetrazole rings is 1. The lowest BCUT2D eigenvalue weighted by Crippen LogP contribution is -2.10. The molecule has 148 valence electrons. The van der Waals surface area contributed by atoms with Crippen LogP contribution in [0.25, 0.3) is 0 Å². The molecule has 7 nitrogen and oxygen atoms in total. The minimum absolute atomic E-state index is 0.199. The van der Waals surface area contributed by atoms with E-state index in [9.17, 15) is 0 Å². The molecule has 2 aromatic carbocycles. The molecule has 0 aliphatic carbocycles. The number of nitrogens with one attached hydrogen (secondary N) is 1. The highest BCUT2D eigenvalue weighted by molar-refractivity contribution is 9.10. The van der Waals surface area contributed by atoms with Crippen molar-refractivity contribution in [1.82, 2.24) is 20.2 Å². The maximum atomic E-state index is 6.26. The first-order chi connectivity index (χ1) is 13.5. The second-order valence-corrected chi connectivity index (χ2v) is 7.39. The molecule has 0 bridgehead atoms. The number of rotatable bonds is 8. The molecule has 0 saturated carbocycles. The van der Waals surface area contributed by atoms with E-state index in [0.29, 0.717) is 46.1 Å². The molecule has 0 aliphatic rings. The second kappa shape index (κ2) is 9.45. The lowest BCUT2D eigenvalue weighted by Gasteiger charge is -2.18. The number of hydrogen-bond donors (Lipinski definition) is 1. The quantitative estimate of drug-likeness (QED) is 0.485. The molecule has 28 heavy (non-hydrogen) atoms. The SMILES string of the molecule is CCn1nnnc1NCc1c(Br)ccc(OC)c1OCc1c(Cl)cccc1Cl. The molecular formula is C18H18BrCl2N5O2. The normalized spacial score (nSPS) is 10.8. The maximum absolute atomic E-state index is 6.26. The highest BCUT2D eigenvalue weighted by atomic mass is 79.9. The molecule has 0 spiro atoms. The first-order valence-electron chi connectivity index (χ1n) is 8.46. The van der Waals surface area contributed by atoms with Gasteiger partial charge < -0.3 is 14.8 Å². The van der Waals surface area contributed by atoms with E-state index in [0.717, 1.165) is 10.0 Å². The van der Waals surface area contributed by atoms with E-state index >= 15 is 0 Å². The zero-order valence-corrected chi connectivity index (χ0v) is 18.3. The number of halogens is 3. The molecule has 0 amide bonds. The van der Waals surface area contributed by atoms with Crippen molar-refractivity contribution in [1.29, 1.82) is 0 Å². The summed E-state index contributed by atoms with van der Waals surface area (Å²) < 4.78 is 14.1. The molecule has 0 atom stereocenters. The van der Waals surface area contributed by atoms with Gasteiger partial charge in [0, 0.05) is 38.7 Å². The smallest absolute Gasteiger partial charge is 0.243 e. The lowest BCUT2D eigenvalue weighted by atomic mass is 10.1. The van der Waals surface area contributed by atoms with Gasteiger partial charge in [-0.05, 0) is 41.6 Å². The van der Waals surface area contributed by atoms with E-state index in [1.807, 2.05) is 19.1 Å². The summed E-state index contributed by atoms with van der Waals surface area (Å²) in [5.41, 5.74) is 1.56. The Morgan fingerprint density at radius 2 is 1.89 bits per heavy atom. The Hall–Kier alpha value is -2.03. The van der Waals surface area contributed by atoms with Crippen LogP contribution in [0, 0.1) is 0 Å². The van der Waals surface area contributed by atoms with Crippen LogP contribution in [0.1, 0.15) is 18.1 Å². The number of ether oxygens (including phenoxy) is 2. The molecule has 0 saturated heterocycles. The molecule has 0 unspecified atom stereocenters. The predicted octanol–water partition coefficient (Wildman–Crippen LogP) is 4.96. The third kappa shape index (κ3) is 4.51. The Bertz CT molecular complexity index is 947. The van der Waals surface area contributed by atoms with E-state index in [1.165, 1.54) is 0 Å². The Labute approximate surface area is 181 Å². The molecule has 1 heterocycles. The molecule has 1 N–H and O–H groups in total. The zero-order chi connectivity index (χ0) is 20.1. The van der Waals surface area contributed by atoms with Gasteiger partial charge in [0.2, 0.25) is 5.95 Å². The summed E-state index contributed by atoms with van der Waals surface area (Å²) >= 11 is 16.1. The van der Waals surface area contributed by atoms with Crippen LogP contribution >= 0.6 is 39.1 Å². The topological polar surface area (TPSA) is 74.1 Å². The molecule has 0 radical (unpaired) electrons. The number of methoxy groups -OCH3 is 1. The van der Waals surface area contributed by atoms with Gasteiger partial charge in [-0.3, -0.25) is 0 Å². The van der Waals surface area contributed by atoms with Gasteiger partial charge in [0.1, 0.15) is 6.61 Å². The first kappa shape index (κ1) is 20.7. The van der Waals surface area contributed by atoms with E-state index in [4.69, 9.17) is 32.7 Å². The van der Waals surface area contributed by atoms with Crippen LogP contribution in [0.2, 0.25) is 10.0 Å². The van der Waals surface area contributed by atoms with Crippen LogP contribution in [-0.4, -0.2) is 27.3 Å². The van der Waals surface area contributed by atoms with Gasteiger partial charge in [0.05, 0.1) is 7.11 Å². The van der Waals surface area contributed by atoms with E-state index in [1.54, 1.807) is 30.0 Å². The lowest BCUT2D eigenvalue weighted by molar-refractivity contribution is 0.281. The number of anilines is 1. The van der Waals surface area contributed by atoms with E-state index in [2.05, 4.69) is 36.8 Å². The molecule has 3 aromatic rings. The van der Waals surface area contributed by atoms with Crippen molar-refractivity contribution in [3.63, 3.8) is 0 Å². The third-order valence-corrected chi connectivity index (χ3v) is 5.52. The zero-order valence-electron chi connectivity index (χ0n) is 15.2. The second-order valence-electron chi connectivity index (χ2n) is 5.72. The van der Waals surface area contributed by atoms with Gasteiger partial charge in [0.15, 0.2) is 11.5 Å². The summed E-state index contributed by atoms with van der Waals surface area (Å²) in [7, 11) is 1.59. The summed E-state index contributed by atoms with van der Waals surface area (Å²) in [5.74, 6) is 1.74. The van der Waals surface area contributed by atoms with Crippen molar-refractivity contribution in [2.75, 3.05) is 12.4 Å². The third-order valence-electron chi connectivity index (χ3n) is 4.06. The number of aromatic nitrogens is 4. The van der Waals surface area contributed by atoms with Crippen LogP contribution < -0.4 is 14.8 Å². The fourth-order valence-electron chi connectivity index (χ4n) is 2.59. The van der Waals surface area contributed by atoms with Crippen molar-refractivity contribution in [2.24, 2.45) is 0 Å². The molecule has 3 rings (SSSR count). The molecular weight excluding hydrogens is 469 g/mol. The van der Waals surface area contributed by atoms with Crippen molar-refractivity contribution < 1.29 is 9.47 Å². The number of nitrogens with zero attached hydrogens (tertiary/aromatic N) is 4. The van der Waals surface area contributed by atoms with Gasteiger partial charge in [0.25, 0.3) is 0 Å². The minimum Gasteiger partial charge on any atom is -0.493 e. The largest absolute Gasteiger partial charge is 0.493 e. The summed E-state index contributed by atoms with van der Waals surface area (Å²) in [5, 5.41) is 15.9. The van der Waals surface area contributed by atoms with Gasteiger partial charge in [-0.2, -0.15) is 0 Å². The summed E-state index contributed by atoms with van der Waals surface area (Å²) in [6, 6.07) is 9.07. The van der Waals surface area contributed by atoms with Crippen LogP contribution in [0.3, 0.4) is 0 Å². The highest BCUT2D eigenvalue weighted by Crippen LogP contribution is 2.38. The molecule has 1 aromatic heterocycles. The fourth-order valence-corrected chi connectivity index (χ4v) is 3.55. The Morgan fingerprint density at radius 1 is 1.14 bits per heavy atom. The monoisotopic (exact) mass is 485 g/mol. The first-order valence-corrected chi connectivity index (χ1v) is 10.0. The van der Waals surface area contributed by atoms with Crippen molar-refractivity contribution in [3.05, 3.63) is 56.0 Å². The Kier molecular flexibility index (Phi) is 6.98. The maximum Gasteiger partial charge on any atom is 0.243 e. The molecule has 10 heteroatoms. The summed E-state index contributed by atoms with van der Waals surface area (Å²) in [4.78, 5) is 0. The van der Waals surface area contributed by atoms with E-state index in [-0.39, 0.29) is 6.61 Å². The van der Waals surface area contributed by atoms with E-state index < -0.39 is 0 Å². The van der Waals surface area contributed by atoms with Gasteiger partial charge >= 0.3 is 0 Å². The van der Waals surface area contributed by atoms with Crippen molar-refractivity contribution >= 4 is 45.1 Å². The average molecular weight is 487 g/mol. The molecule has 0 fully saturated rings. The van der Waals surface area contributed by atoms with Crippen molar-refractivity contribution in [3.8, 4) is 11.5 Å². The Balaban J connectivity index is 1.87. The standard InChI is InChI=1S/C18H18BrCl2N5O2/c1-3-26-18(23-24-25-26)22-9-11-13(19)7-8-16(27-2)17(11)28-10-12-14(20)5-4-6-15(12)21/h4-8H,3,9-10H2,1-2H3,(H,22,23,25). The van der Waals surface area contributed by atoms with Gasteiger partial charge in [-0.15, -0.1) is 0 Å². The van der Waals surface area contributed by atoms with Crippen molar-refractivity contribution in [2.45, 2.75) is 26.6 Å². The predicted molar refractivity (Wildman–Crippen MR) is 112 cm³/mol. The van der Waals surface area contributed by atoms with Crippen LogP contribution in [0.15, 0.2) is 34.8 Å². The number of aryl methyl sites for hydroxylation is 1. The van der Waals surface area contributed by atoms with Crippen LogP contribution in [0.4, 0.5) is 5.95 Å². The minimum atomic E-state index is 0.199. The summed E-state index contributed by atoms with van der Waals surface area (Å²) in [6.45, 7) is 3.24. The van der Waals surface area contributed by atoms with Crippen LogP contribution in [-0.2, 0) is 19.7 Å². The fraction of sp³-hybridized carbons (Fsp3) is 0.278. The highest BCUT2D eigenvalue weighted by Gasteiger charge is 2.17.